The standard InChI is InChI=1S/C18H23N3O3/c1-18(2,3)24-17(22)21-9-13-14(10-21)20-16(19-13)12-4-5-15-11(8-12)6-7-23-15/h4-5,8,13-14H,6-7,9-10H2,1-3H3,(H,19,20)/t13-,14+. The highest BCUT2D eigenvalue weighted by atomic mass is 16.6. The topological polar surface area (TPSA) is 63.2 Å². The first-order valence-corrected chi connectivity index (χ1v) is 8.47. The summed E-state index contributed by atoms with van der Waals surface area (Å²) in [4.78, 5) is 18.7. The number of nitrogens with zero attached hydrogens (tertiary/aromatic N) is 2. The van der Waals surface area contributed by atoms with Gasteiger partial charge in [-0.05, 0) is 44.5 Å². The summed E-state index contributed by atoms with van der Waals surface area (Å²) in [6, 6.07) is 6.47. The lowest BCUT2D eigenvalue weighted by molar-refractivity contribution is 0.0289. The highest BCUT2D eigenvalue weighted by Crippen LogP contribution is 2.28. The van der Waals surface area contributed by atoms with E-state index in [1.165, 1.54) is 5.56 Å². The van der Waals surface area contributed by atoms with E-state index in [9.17, 15) is 4.79 Å². The van der Waals surface area contributed by atoms with Crippen LogP contribution in [-0.2, 0) is 11.2 Å². The van der Waals surface area contributed by atoms with E-state index >= 15 is 0 Å². The normalized spacial score (nSPS) is 24.8. The maximum absolute atomic E-state index is 12.2. The third kappa shape index (κ3) is 2.81. The fourth-order valence-corrected chi connectivity index (χ4v) is 3.41. The zero-order chi connectivity index (χ0) is 16.9. The van der Waals surface area contributed by atoms with Gasteiger partial charge in [0.2, 0.25) is 0 Å². The number of benzene rings is 1. The van der Waals surface area contributed by atoms with Gasteiger partial charge in [-0.3, -0.25) is 4.99 Å². The Morgan fingerprint density at radius 3 is 2.96 bits per heavy atom. The van der Waals surface area contributed by atoms with Crippen LogP contribution in [0.15, 0.2) is 23.2 Å². The molecule has 24 heavy (non-hydrogen) atoms. The van der Waals surface area contributed by atoms with Crippen LogP contribution >= 0.6 is 0 Å². The number of likely N-dealkylation sites (tertiary alicyclic amines) is 1. The molecular formula is C18H23N3O3. The van der Waals surface area contributed by atoms with Gasteiger partial charge in [0.1, 0.15) is 17.2 Å². The number of ether oxygens (including phenoxy) is 2. The smallest absolute Gasteiger partial charge is 0.410 e. The number of fused-ring (bicyclic) bond motifs is 2. The third-order valence-corrected chi connectivity index (χ3v) is 4.52. The van der Waals surface area contributed by atoms with Crippen molar-refractivity contribution in [2.45, 2.75) is 44.9 Å². The Bertz CT molecular complexity index is 708. The van der Waals surface area contributed by atoms with Crippen molar-refractivity contribution in [3.8, 4) is 5.75 Å². The minimum atomic E-state index is -0.469. The van der Waals surface area contributed by atoms with E-state index in [2.05, 4.69) is 11.4 Å². The largest absolute Gasteiger partial charge is 0.493 e. The molecule has 1 fully saturated rings. The van der Waals surface area contributed by atoms with Crippen molar-refractivity contribution in [1.82, 2.24) is 10.2 Å². The molecule has 0 saturated carbocycles. The SMILES string of the molecule is CC(C)(C)OC(=O)N1C[C@@H]2N=C(c3ccc4c(c3)CCO4)N[C@@H]2C1. The minimum absolute atomic E-state index is 0.0945. The zero-order valence-corrected chi connectivity index (χ0v) is 14.3. The number of amides is 1. The number of amidine groups is 1. The summed E-state index contributed by atoms with van der Waals surface area (Å²) in [7, 11) is 0. The molecule has 0 aromatic heterocycles. The maximum Gasteiger partial charge on any atom is 0.410 e. The third-order valence-electron chi connectivity index (χ3n) is 4.52. The van der Waals surface area contributed by atoms with Gasteiger partial charge in [0.15, 0.2) is 0 Å². The van der Waals surface area contributed by atoms with Crippen LogP contribution in [0.4, 0.5) is 4.79 Å². The average Bonchev–Trinajstić information content (AvgIpc) is 3.18. The van der Waals surface area contributed by atoms with Gasteiger partial charge in [0, 0.05) is 25.1 Å². The Kier molecular flexibility index (Phi) is 3.44. The van der Waals surface area contributed by atoms with E-state index in [1.807, 2.05) is 32.9 Å². The van der Waals surface area contributed by atoms with Crippen LogP contribution in [0.3, 0.4) is 0 Å². The predicted molar refractivity (Wildman–Crippen MR) is 90.7 cm³/mol. The Morgan fingerprint density at radius 2 is 2.21 bits per heavy atom. The highest BCUT2D eigenvalue weighted by Gasteiger charge is 2.41. The first kappa shape index (κ1) is 15.3. The van der Waals surface area contributed by atoms with Crippen molar-refractivity contribution in [2.24, 2.45) is 4.99 Å². The van der Waals surface area contributed by atoms with Gasteiger partial charge < -0.3 is 19.7 Å². The van der Waals surface area contributed by atoms with Crippen molar-refractivity contribution in [1.29, 1.82) is 0 Å². The summed E-state index contributed by atoms with van der Waals surface area (Å²) >= 11 is 0. The van der Waals surface area contributed by atoms with Gasteiger partial charge in [-0.2, -0.15) is 0 Å². The lowest BCUT2D eigenvalue weighted by Crippen LogP contribution is -2.39. The van der Waals surface area contributed by atoms with Crippen molar-refractivity contribution < 1.29 is 14.3 Å². The molecule has 1 aromatic carbocycles. The molecular weight excluding hydrogens is 306 g/mol. The number of hydrogen-bond acceptors (Lipinski definition) is 5. The lowest BCUT2D eigenvalue weighted by atomic mass is 10.1. The molecule has 0 radical (unpaired) electrons. The summed E-state index contributed by atoms with van der Waals surface area (Å²) in [5, 5.41) is 3.47. The van der Waals surface area contributed by atoms with Gasteiger partial charge in [-0.25, -0.2) is 4.79 Å². The Balaban J connectivity index is 1.45. The molecule has 6 nitrogen and oxygen atoms in total. The molecule has 1 aromatic rings. The van der Waals surface area contributed by atoms with Gasteiger partial charge in [-0.15, -0.1) is 0 Å². The Hall–Kier alpha value is -2.24. The molecule has 3 heterocycles. The van der Waals surface area contributed by atoms with E-state index in [0.717, 1.165) is 30.2 Å². The van der Waals surface area contributed by atoms with Crippen LogP contribution in [-0.4, -0.2) is 54.2 Å². The molecule has 2 atom stereocenters. The number of hydrogen-bond donors (Lipinski definition) is 1. The molecule has 1 saturated heterocycles. The molecule has 3 aliphatic heterocycles. The first-order chi connectivity index (χ1) is 11.4. The van der Waals surface area contributed by atoms with Crippen LogP contribution in [0, 0.1) is 0 Å². The molecule has 6 heteroatoms. The van der Waals surface area contributed by atoms with Crippen LogP contribution in [0.1, 0.15) is 31.9 Å². The summed E-state index contributed by atoms with van der Waals surface area (Å²) in [5.41, 5.74) is 1.87. The molecule has 0 unspecified atom stereocenters. The summed E-state index contributed by atoms with van der Waals surface area (Å²) in [6.07, 6.45) is 0.695. The fourth-order valence-electron chi connectivity index (χ4n) is 3.41. The van der Waals surface area contributed by atoms with Crippen LogP contribution < -0.4 is 10.1 Å². The molecule has 0 spiro atoms. The molecule has 3 aliphatic rings. The molecule has 4 rings (SSSR count). The number of carbonyl (C=O) groups excluding carboxylic acids is 1. The number of nitrogens with one attached hydrogen (secondary N) is 1. The quantitative estimate of drug-likeness (QED) is 0.855. The Morgan fingerprint density at radius 1 is 1.38 bits per heavy atom. The zero-order valence-electron chi connectivity index (χ0n) is 14.3. The summed E-state index contributed by atoms with van der Waals surface area (Å²) in [5.74, 6) is 1.90. The second-order valence-corrected chi connectivity index (χ2v) is 7.60. The first-order valence-electron chi connectivity index (χ1n) is 8.47. The van der Waals surface area contributed by atoms with Crippen molar-refractivity contribution in [3.63, 3.8) is 0 Å². The summed E-state index contributed by atoms with van der Waals surface area (Å²) < 4.78 is 11.0. The van der Waals surface area contributed by atoms with Crippen LogP contribution in [0.5, 0.6) is 5.75 Å². The molecule has 1 N–H and O–H groups in total. The highest BCUT2D eigenvalue weighted by molar-refractivity contribution is 6.01. The maximum atomic E-state index is 12.2. The number of aliphatic imine (C=N–C) groups is 1. The van der Waals surface area contributed by atoms with Gasteiger partial charge >= 0.3 is 6.09 Å². The monoisotopic (exact) mass is 329 g/mol. The fraction of sp³-hybridized carbons (Fsp3) is 0.556. The van der Waals surface area contributed by atoms with E-state index in [1.54, 1.807) is 4.90 Å². The molecule has 0 aliphatic carbocycles. The van der Waals surface area contributed by atoms with Crippen molar-refractivity contribution in [3.05, 3.63) is 29.3 Å². The minimum Gasteiger partial charge on any atom is -0.493 e. The molecule has 128 valence electrons. The second-order valence-electron chi connectivity index (χ2n) is 7.60. The number of carbonyl (C=O) groups is 1. The van der Waals surface area contributed by atoms with E-state index in [0.29, 0.717) is 13.1 Å². The second kappa shape index (κ2) is 5.40. The van der Waals surface area contributed by atoms with E-state index in [4.69, 9.17) is 14.5 Å². The Labute approximate surface area is 141 Å². The molecule has 0 bridgehead atoms. The van der Waals surface area contributed by atoms with Crippen molar-refractivity contribution >= 4 is 11.9 Å². The van der Waals surface area contributed by atoms with Gasteiger partial charge in [0.25, 0.3) is 0 Å². The van der Waals surface area contributed by atoms with Crippen LogP contribution in [0.25, 0.3) is 0 Å². The predicted octanol–water partition coefficient (Wildman–Crippen LogP) is 1.96. The lowest BCUT2D eigenvalue weighted by Gasteiger charge is -2.24. The van der Waals surface area contributed by atoms with Gasteiger partial charge in [-0.1, -0.05) is 0 Å². The molecule has 1 amide bonds. The van der Waals surface area contributed by atoms with Crippen molar-refractivity contribution in [2.75, 3.05) is 19.7 Å². The summed E-state index contributed by atoms with van der Waals surface area (Å²) in [6.45, 7) is 7.63. The number of rotatable bonds is 1. The van der Waals surface area contributed by atoms with Gasteiger partial charge in [0.05, 0.1) is 18.7 Å². The van der Waals surface area contributed by atoms with E-state index < -0.39 is 5.60 Å². The average molecular weight is 329 g/mol. The van der Waals surface area contributed by atoms with E-state index in [-0.39, 0.29) is 18.2 Å². The van der Waals surface area contributed by atoms with Crippen LogP contribution in [0.2, 0.25) is 0 Å².